The summed E-state index contributed by atoms with van der Waals surface area (Å²) in [5.74, 6) is -1.71. The molecule has 0 spiro atoms. The summed E-state index contributed by atoms with van der Waals surface area (Å²) in [6.45, 7) is 3.66. The van der Waals surface area contributed by atoms with Crippen LogP contribution in [0.4, 0.5) is 17.6 Å². The van der Waals surface area contributed by atoms with Crippen LogP contribution in [0, 0.1) is 11.7 Å². The van der Waals surface area contributed by atoms with E-state index in [0.29, 0.717) is 24.1 Å². The number of carboxylic acid groups (broad SMARTS) is 1. The lowest BCUT2D eigenvalue weighted by Gasteiger charge is -2.31. The zero-order valence-corrected chi connectivity index (χ0v) is 25.9. The molecule has 1 aliphatic carbocycles. The van der Waals surface area contributed by atoms with Crippen molar-refractivity contribution < 1.29 is 41.0 Å². The summed E-state index contributed by atoms with van der Waals surface area (Å²) in [5, 5.41) is 23.0. The second-order valence-corrected chi connectivity index (χ2v) is 14.1. The number of aliphatic hydroxyl groups excluding tert-OH is 1. The molecular weight excluding hydrogens is 612 g/mol. The van der Waals surface area contributed by atoms with Crippen molar-refractivity contribution in [1.82, 2.24) is 9.62 Å². The summed E-state index contributed by atoms with van der Waals surface area (Å²) in [4.78, 5) is 10.3. The fourth-order valence-corrected chi connectivity index (χ4v) is 7.06. The molecule has 3 N–H and O–H groups in total. The molecule has 242 valence electrons. The number of halogens is 4. The van der Waals surface area contributed by atoms with Crippen molar-refractivity contribution in [1.29, 1.82) is 0 Å². The molecule has 1 aliphatic rings. The van der Waals surface area contributed by atoms with Gasteiger partial charge in [-0.15, -0.1) is 0 Å². The van der Waals surface area contributed by atoms with Crippen LogP contribution < -0.4 is 5.32 Å². The quantitative estimate of drug-likeness (QED) is 0.170. The van der Waals surface area contributed by atoms with Gasteiger partial charge in [-0.1, -0.05) is 30.3 Å². The number of hydrogen-bond acceptors (Lipinski definition) is 5. The van der Waals surface area contributed by atoms with Gasteiger partial charge in [0.1, 0.15) is 5.82 Å². The van der Waals surface area contributed by atoms with Gasteiger partial charge in [-0.2, -0.15) is 17.5 Å². The summed E-state index contributed by atoms with van der Waals surface area (Å²) in [5.41, 5.74) is 0.756. The molecule has 0 fully saturated rings. The maximum absolute atomic E-state index is 14.0. The van der Waals surface area contributed by atoms with Gasteiger partial charge in [0.05, 0.1) is 16.6 Å². The number of carboxylic acids is 1. The van der Waals surface area contributed by atoms with Crippen LogP contribution in [0.2, 0.25) is 0 Å². The van der Waals surface area contributed by atoms with Crippen LogP contribution in [-0.4, -0.2) is 60.7 Å². The molecule has 0 unspecified atom stereocenters. The van der Waals surface area contributed by atoms with Crippen LogP contribution in [-0.2, 0) is 33.8 Å². The Morgan fingerprint density at radius 1 is 1.07 bits per heavy atom. The van der Waals surface area contributed by atoms with Gasteiger partial charge in [0.25, 0.3) is 0 Å². The fraction of sp³-hybridized carbons (Fsp3) is 0.364. The Kier molecular flexibility index (Phi) is 10.2. The van der Waals surface area contributed by atoms with Gasteiger partial charge in [0.2, 0.25) is 10.0 Å². The third kappa shape index (κ3) is 8.78. The second kappa shape index (κ2) is 13.4. The molecule has 0 aliphatic heterocycles. The lowest BCUT2D eigenvalue weighted by atomic mass is 9.88. The predicted molar refractivity (Wildman–Crippen MR) is 163 cm³/mol. The lowest BCUT2D eigenvalue weighted by Crippen LogP contribution is -2.47. The monoisotopic (exact) mass is 648 g/mol. The first kappa shape index (κ1) is 34.3. The standard InChI is InChI=1S/C33H36F4N2O5S/c1-32(2,18-21-12-22-6-4-5-7-23(22)13-21)38-19-28(40)20-39(3)45(43,44)29-16-25(14-26(17-29)33(35,36)37)30-10-9-27(34)15-24(30)8-11-31(41)42/h4-11,14-17,21,28,38,40H,12-13,18-20H2,1-3H3,(H,41,42)/b11-8+/t28-/m1/s1. The molecule has 7 nitrogen and oxygen atoms in total. The molecule has 3 aromatic rings. The lowest BCUT2D eigenvalue weighted by molar-refractivity contribution is -0.137. The first-order valence-electron chi connectivity index (χ1n) is 14.3. The van der Waals surface area contributed by atoms with Crippen molar-refractivity contribution in [2.75, 3.05) is 20.1 Å². The van der Waals surface area contributed by atoms with E-state index in [2.05, 4.69) is 17.4 Å². The van der Waals surface area contributed by atoms with Crippen molar-refractivity contribution in [3.8, 4) is 11.1 Å². The van der Waals surface area contributed by atoms with Crippen LogP contribution in [0.1, 0.15) is 42.5 Å². The second-order valence-electron chi connectivity index (χ2n) is 12.1. The molecule has 0 saturated heterocycles. The normalized spacial score (nSPS) is 15.1. The number of nitrogens with zero attached hydrogens (tertiary/aromatic N) is 1. The minimum absolute atomic E-state index is 0.00377. The van der Waals surface area contributed by atoms with E-state index in [1.165, 1.54) is 11.1 Å². The first-order valence-corrected chi connectivity index (χ1v) is 15.8. The average molecular weight is 649 g/mol. The Bertz CT molecular complexity index is 1660. The summed E-state index contributed by atoms with van der Waals surface area (Å²) >= 11 is 0. The number of β-amino-alcohol motifs (C(OH)–C–C–N with tert-alkyl or cyclic N) is 1. The molecule has 0 bridgehead atoms. The number of benzene rings is 3. The molecule has 0 heterocycles. The first-order chi connectivity index (χ1) is 20.9. The van der Waals surface area contributed by atoms with E-state index in [-0.39, 0.29) is 28.8 Å². The summed E-state index contributed by atoms with van der Waals surface area (Å²) in [6.07, 6.45) is -1.65. The fourth-order valence-electron chi connectivity index (χ4n) is 5.78. The smallest absolute Gasteiger partial charge is 0.416 e. The highest BCUT2D eigenvalue weighted by Crippen LogP contribution is 2.37. The number of hydrogen-bond donors (Lipinski definition) is 3. The maximum Gasteiger partial charge on any atom is 0.416 e. The van der Waals surface area contributed by atoms with Crippen molar-refractivity contribution in [3.63, 3.8) is 0 Å². The van der Waals surface area contributed by atoms with Gasteiger partial charge >= 0.3 is 12.1 Å². The number of likely N-dealkylation sites (N-methyl/N-ethyl adjacent to an activating group) is 1. The summed E-state index contributed by atoms with van der Waals surface area (Å²) in [6, 6.07) is 13.6. The Labute approximate surface area is 260 Å². The zero-order chi connectivity index (χ0) is 33.2. The Morgan fingerprint density at radius 2 is 1.71 bits per heavy atom. The van der Waals surface area contributed by atoms with Gasteiger partial charge in [-0.05, 0) is 103 Å². The van der Waals surface area contributed by atoms with Crippen molar-refractivity contribution in [3.05, 3.63) is 94.8 Å². The molecule has 45 heavy (non-hydrogen) atoms. The van der Waals surface area contributed by atoms with E-state index in [0.717, 1.165) is 61.0 Å². The largest absolute Gasteiger partial charge is 0.478 e. The van der Waals surface area contributed by atoms with E-state index >= 15 is 0 Å². The maximum atomic E-state index is 14.0. The van der Waals surface area contributed by atoms with Crippen LogP contribution >= 0.6 is 0 Å². The van der Waals surface area contributed by atoms with E-state index in [9.17, 15) is 35.9 Å². The third-order valence-corrected chi connectivity index (χ3v) is 9.69. The molecule has 0 amide bonds. The number of fused-ring (bicyclic) bond motifs is 1. The van der Waals surface area contributed by atoms with Gasteiger partial charge < -0.3 is 15.5 Å². The topological polar surface area (TPSA) is 107 Å². The Balaban J connectivity index is 1.51. The number of carbonyl (C=O) groups is 1. The number of aliphatic hydroxyl groups is 1. The van der Waals surface area contributed by atoms with E-state index in [1.54, 1.807) is 0 Å². The Hall–Kier alpha value is -3.58. The molecule has 12 heteroatoms. The molecule has 1 atom stereocenters. The highest BCUT2D eigenvalue weighted by atomic mass is 32.2. The van der Waals surface area contributed by atoms with Crippen LogP contribution in [0.3, 0.4) is 0 Å². The number of sulfonamides is 1. The minimum Gasteiger partial charge on any atom is -0.478 e. The van der Waals surface area contributed by atoms with Gasteiger partial charge in [0, 0.05) is 31.8 Å². The van der Waals surface area contributed by atoms with Gasteiger partial charge in [-0.3, -0.25) is 0 Å². The van der Waals surface area contributed by atoms with Gasteiger partial charge in [-0.25, -0.2) is 17.6 Å². The average Bonchev–Trinajstić information content (AvgIpc) is 3.36. The number of rotatable bonds is 12. The van der Waals surface area contributed by atoms with Crippen LogP contribution in [0.25, 0.3) is 17.2 Å². The van der Waals surface area contributed by atoms with E-state index < -0.39 is 51.1 Å². The number of aliphatic carboxylic acids is 1. The zero-order valence-electron chi connectivity index (χ0n) is 25.1. The van der Waals surface area contributed by atoms with Crippen molar-refractivity contribution in [2.45, 2.75) is 55.8 Å². The predicted octanol–water partition coefficient (Wildman–Crippen LogP) is 5.76. The number of nitrogens with one attached hydrogen (secondary N) is 1. The number of alkyl halides is 3. The summed E-state index contributed by atoms with van der Waals surface area (Å²) < 4.78 is 83.5. The molecule has 4 rings (SSSR count). The van der Waals surface area contributed by atoms with E-state index in [1.807, 2.05) is 26.0 Å². The van der Waals surface area contributed by atoms with Gasteiger partial charge in [0.15, 0.2) is 0 Å². The molecule has 0 saturated carbocycles. The van der Waals surface area contributed by atoms with E-state index in [4.69, 9.17) is 5.11 Å². The van der Waals surface area contributed by atoms with Crippen LogP contribution in [0.15, 0.2) is 71.6 Å². The SMILES string of the molecule is CN(C[C@H](O)CNC(C)(C)CC1Cc2ccccc2C1)S(=O)(=O)c1cc(-c2ccc(F)cc2/C=C/C(=O)O)cc(C(F)(F)F)c1. The highest BCUT2D eigenvalue weighted by Gasteiger charge is 2.34. The Morgan fingerprint density at radius 3 is 2.31 bits per heavy atom. The molecule has 3 aromatic carbocycles. The molecule has 0 radical (unpaired) electrons. The molecular formula is C33H36F4N2O5S. The third-order valence-electron chi connectivity index (χ3n) is 7.89. The molecule has 0 aromatic heterocycles. The van der Waals surface area contributed by atoms with Crippen molar-refractivity contribution >= 4 is 22.1 Å². The van der Waals surface area contributed by atoms with Crippen LogP contribution in [0.5, 0.6) is 0 Å². The van der Waals surface area contributed by atoms with Crippen molar-refractivity contribution in [2.24, 2.45) is 5.92 Å². The highest BCUT2D eigenvalue weighted by molar-refractivity contribution is 7.89. The minimum atomic E-state index is -4.92. The summed E-state index contributed by atoms with van der Waals surface area (Å²) in [7, 11) is -3.37.